The van der Waals surface area contributed by atoms with Crippen molar-refractivity contribution in [3.05, 3.63) is 52.7 Å². The lowest BCUT2D eigenvalue weighted by Gasteiger charge is -2.03. The molecule has 0 atom stereocenters. The van der Waals surface area contributed by atoms with Crippen molar-refractivity contribution < 1.29 is 4.39 Å². The van der Waals surface area contributed by atoms with Gasteiger partial charge in [0.2, 0.25) is 0 Å². The van der Waals surface area contributed by atoms with Crippen molar-refractivity contribution in [1.82, 2.24) is 0 Å². The summed E-state index contributed by atoms with van der Waals surface area (Å²) in [6.45, 7) is 0.383. The average Bonchev–Trinajstić information content (AvgIpc) is 2.78. The van der Waals surface area contributed by atoms with Crippen LogP contribution in [0.4, 0.5) is 4.39 Å². The number of halogens is 1. The van der Waals surface area contributed by atoms with Gasteiger partial charge in [-0.2, -0.15) is 0 Å². The van der Waals surface area contributed by atoms with E-state index in [1.165, 1.54) is 10.3 Å². The maximum absolute atomic E-state index is 13.2. The van der Waals surface area contributed by atoms with Crippen LogP contribution < -0.4 is 5.73 Å². The van der Waals surface area contributed by atoms with Crippen LogP contribution in [0.3, 0.4) is 0 Å². The van der Waals surface area contributed by atoms with E-state index < -0.39 is 0 Å². The fourth-order valence-electron chi connectivity index (χ4n) is 1.42. The highest BCUT2D eigenvalue weighted by Crippen LogP contribution is 2.27. The summed E-state index contributed by atoms with van der Waals surface area (Å²) in [4.78, 5) is 0. The van der Waals surface area contributed by atoms with Crippen LogP contribution in [0.1, 0.15) is 11.1 Å². The number of nitrogens with two attached hydrogens (primary N) is 1. The molecule has 1 nitrogen and oxygen atoms in total. The standard InChI is InChI=1S/C12H12FNS2/c13-11-5-9(7-14)4-10(6-11)8-16-12-2-1-3-15-12/h1-6H,7-8,14H2. The van der Waals surface area contributed by atoms with Gasteiger partial charge in [0, 0.05) is 12.3 Å². The molecule has 0 amide bonds. The zero-order valence-electron chi connectivity index (χ0n) is 8.65. The van der Waals surface area contributed by atoms with E-state index >= 15 is 0 Å². The molecule has 1 aromatic heterocycles. The molecule has 0 saturated carbocycles. The Morgan fingerprint density at radius 2 is 2.06 bits per heavy atom. The summed E-state index contributed by atoms with van der Waals surface area (Å²) in [6, 6.07) is 9.10. The molecule has 1 aromatic carbocycles. The highest BCUT2D eigenvalue weighted by Gasteiger charge is 2.01. The van der Waals surface area contributed by atoms with Gasteiger partial charge in [0.25, 0.3) is 0 Å². The highest BCUT2D eigenvalue weighted by molar-refractivity contribution is 8.00. The van der Waals surface area contributed by atoms with E-state index in [0.717, 1.165) is 16.9 Å². The van der Waals surface area contributed by atoms with E-state index in [2.05, 4.69) is 6.07 Å². The molecular weight excluding hydrogens is 241 g/mol. The Bertz CT molecular complexity index is 454. The monoisotopic (exact) mass is 253 g/mol. The van der Waals surface area contributed by atoms with Gasteiger partial charge in [-0.1, -0.05) is 12.1 Å². The van der Waals surface area contributed by atoms with E-state index in [1.807, 2.05) is 17.5 Å². The first-order valence-electron chi connectivity index (χ1n) is 4.92. The van der Waals surface area contributed by atoms with Gasteiger partial charge in [-0.05, 0) is 34.7 Å². The predicted molar refractivity (Wildman–Crippen MR) is 68.2 cm³/mol. The van der Waals surface area contributed by atoms with E-state index in [9.17, 15) is 4.39 Å². The zero-order chi connectivity index (χ0) is 11.4. The molecule has 16 heavy (non-hydrogen) atoms. The fourth-order valence-corrected chi connectivity index (χ4v) is 3.13. The predicted octanol–water partition coefficient (Wildman–Crippen LogP) is 3.64. The second kappa shape index (κ2) is 5.48. The van der Waals surface area contributed by atoms with Crippen LogP contribution in [-0.2, 0) is 12.3 Å². The molecule has 2 rings (SSSR count). The SMILES string of the molecule is NCc1cc(F)cc(CSc2cccs2)c1. The van der Waals surface area contributed by atoms with Crippen LogP contribution in [0, 0.1) is 5.82 Å². The summed E-state index contributed by atoms with van der Waals surface area (Å²) in [5, 5.41) is 2.04. The molecule has 0 aliphatic carbocycles. The summed E-state index contributed by atoms with van der Waals surface area (Å²) < 4.78 is 14.5. The van der Waals surface area contributed by atoms with E-state index in [0.29, 0.717) is 6.54 Å². The Morgan fingerprint density at radius 3 is 2.75 bits per heavy atom. The lowest BCUT2D eigenvalue weighted by atomic mass is 10.1. The van der Waals surface area contributed by atoms with Crippen molar-refractivity contribution in [2.75, 3.05) is 0 Å². The molecule has 0 spiro atoms. The average molecular weight is 253 g/mol. The molecule has 0 fully saturated rings. The van der Waals surface area contributed by atoms with Crippen molar-refractivity contribution in [3.8, 4) is 0 Å². The fraction of sp³-hybridized carbons (Fsp3) is 0.167. The number of thioether (sulfide) groups is 1. The maximum Gasteiger partial charge on any atom is 0.123 e. The lowest BCUT2D eigenvalue weighted by molar-refractivity contribution is 0.624. The molecule has 1 heterocycles. The van der Waals surface area contributed by atoms with Gasteiger partial charge >= 0.3 is 0 Å². The minimum atomic E-state index is -0.204. The minimum Gasteiger partial charge on any atom is -0.326 e. The van der Waals surface area contributed by atoms with Crippen molar-refractivity contribution in [1.29, 1.82) is 0 Å². The van der Waals surface area contributed by atoms with Gasteiger partial charge in [-0.3, -0.25) is 0 Å². The number of benzene rings is 1. The molecule has 0 aliphatic rings. The Balaban J connectivity index is 2.06. The molecule has 84 valence electrons. The first-order valence-corrected chi connectivity index (χ1v) is 6.79. The quantitative estimate of drug-likeness (QED) is 0.842. The second-order valence-electron chi connectivity index (χ2n) is 3.39. The van der Waals surface area contributed by atoms with Gasteiger partial charge in [0.1, 0.15) is 5.82 Å². The number of thiophene rings is 1. The van der Waals surface area contributed by atoms with Gasteiger partial charge in [-0.25, -0.2) is 4.39 Å². The summed E-state index contributed by atoms with van der Waals surface area (Å²) in [6.07, 6.45) is 0. The molecule has 0 radical (unpaired) electrons. The van der Waals surface area contributed by atoms with E-state index in [4.69, 9.17) is 5.73 Å². The minimum absolute atomic E-state index is 0.204. The largest absolute Gasteiger partial charge is 0.326 e. The van der Waals surface area contributed by atoms with Crippen LogP contribution in [0.25, 0.3) is 0 Å². The van der Waals surface area contributed by atoms with Crippen LogP contribution in [0.2, 0.25) is 0 Å². The Morgan fingerprint density at radius 1 is 1.25 bits per heavy atom. The third kappa shape index (κ3) is 3.07. The number of rotatable bonds is 4. The Hall–Kier alpha value is -0.840. The number of hydrogen-bond donors (Lipinski definition) is 1. The van der Waals surface area contributed by atoms with Gasteiger partial charge < -0.3 is 5.73 Å². The van der Waals surface area contributed by atoms with E-state index in [-0.39, 0.29) is 5.82 Å². The third-order valence-electron chi connectivity index (χ3n) is 2.13. The van der Waals surface area contributed by atoms with Crippen molar-refractivity contribution in [2.24, 2.45) is 5.73 Å². The van der Waals surface area contributed by atoms with Crippen LogP contribution in [0.5, 0.6) is 0 Å². The second-order valence-corrected chi connectivity index (χ2v) is 5.62. The Labute approximate surface area is 102 Å². The molecule has 0 unspecified atom stereocenters. The Kier molecular flexibility index (Phi) is 3.98. The van der Waals surface area contributed by atoms with Gasteiger partial charge in [0.05, 0.1) is 4.21 Å². The van der Waals surface area contributed by atoms with Gasteiger partial charge in [-0.15, -0.1) is 23.1 Å². The first kappa shape index (κ1) is 11.6. The number of hydrogen-bond acceptors (Lipinski definition) is 3. The summed E-state index contributed by atoms with van der Waals surface area (Å²) in [5.41, 5.74) is 7.34. The highest BCUT2D eigenvalue weighted by atomic mass is 32.2. The molecular formula is C12H12FNS2. The molecule has 2 aromatic rings. The smallest absolute Gasteiger partial charge is 0.123 e. The molecule has 0 aliphatic heterocycles. The normalized spacial score (nSPS) is 10.6. The third-order valence-corrected chi connectivity index (χ3v) is 4.33. The van der Waals surface area contributed by atoms with Crippen molar-refractivity contribution >= 4 is 23.1 Å². The van der Waals surface area contributed by atoms with Crippen LogP contribution in [0.15, 0.2) is 39.9 Å². The van der Waals surface area contributed by atoms with E-state index in [1.54, 1.807) is 29.2 Å². The van der Waals surface area contributed by atoms with Crippen LogP contribution >= 0.6 is 23.1 Å². The lowest BCUT2D eigenvalue weighted by Crippen LogP contribution is -1.98. The zero-order valence-corrected chi connectivity index (χ0v) is 10.3. The van der Waals surface area contributed by atoms with Crippen LogP contribution in [-0.4, -0.2) is 0 Å². The summed E-state index contributed by atoms with van der Waals surface area (Å²) in [7, 11) is 0. The topological polar surface area (TPSA) is 26.0 Å². The van der Waals surface area contributed by atoms with Gasteiger partial charge in [0.15, 0.2) is 0 Å². The molecule has 0 saturated heterocycles. The summed E-state index contributed by atoms with van der Waals surface area (Å²) in [5.74, 6) is 0.579. The molecule has 2 N–H and O–H groups in total. The molecule has 4 heteroatoms. The maximum atomic E-state index is 13.2. The first-order chi connectivity index (χ1) is 7.78. The summed E-state index contributed by atoms with van der Waals surface area (Å²) >= 11 is 3.42. The molecule has 0 bridgehead atoms. The van der Waals surface area contributed by atoms with Crippen molar-refractivity contribution in [3.63, 3.8) is 0 Å². The van der Waals surface area contributed by atoms with Crippen molar-refractivity contribution in [2.45, 2.75) is 16.5 Å².